The highest BCUT2D eigenvalue weighted by atomic mass is 32.2. The third-order valence-electron chi connectivity index (χ3n) is 4.37. The van der Waals surface area contributed by atoms with Crippen molar-refractivity contribution in [3.63, 3.8) is 0 Å². The van der Waals surface area contributed by atoms with Gasteiger partial charge in [0.15, 0.2) is 0 Å². The number of carbonyl (C=O) groups excluding carboxylic acids is 2. The van der Waals surface area contributed by atoms with Crippen LogP contribution in [-0.4, -0.2) is 50.7 Å². The van der Waals surface area contributed by atoms with Crippen LogP contribution in [0, 0.1) is 11.8 Å². The van der Waals surface area contributed by atoms with Crippen LogP contribution in [0.3, 0.4) is 0 Å². The largest absolute Gasteiger partial charge is 0.355 e. The summed E-state index contributed by atoms with van der Waals surface area (Å²) in [6.07, 6.45) is 1.02. The van der Waals surface area contributed by atoms with Gasteiger partial charge in [-0.25, -0.2) is 8.42 Å². The number of hydrogen-bond acceptors (Lipinski definition) is 4. The first-order chi connectivity index (χ1) is 12.2. The van der Waals surface area contributed by atoms with Crippen LogP contribution in [0.15, 0.2) is 29.2 Å². The standard InChI is InChI=1S/C18H27N3O4S/c1-4-19-17(22)10-20-18(23)15-5-7-16(8-6-15)26(24,25)21-11-13(2)9-14(3)12-21/h5-8,13-14H,4,9-12H2,1-3H3,(H,19,22)(H,20,23)/t13-,14-/m0/s1. The molecule has 1 heterocycles. The predicted octanol–water partition coefficient (Wildman–Crippen LogP) is 1.22. The van der Waals surface area contributed by atoms with Gasteiger partial charge in [-0.05, 0) is 49.4 Å². The second-order valence-electron chi connectivity index (χ2n) is 6.93. The molecule has 0 aliphatic carbocycles. The molecule has 1 saturated heterocycles. The molecule has 1 aliphatic rings. The van der Waals surface area contributed by atoms with Crippen molar-refractivity contribution in [2.45, 2.75) is 32.1 Å². The number of carbonyl (C=O) groups is 2. The van der Waals surface area contributed by atoms with Gasteiger partial charge >= 0.3 is 0 Å². The molecule has 1 fully saturated rings. The first-order valence-electron chi connectivity index (χ1n) is 8.89. The third-order valence-corrected chi connectivity index (χ3v) is 6.22. The molecule has 8 heteroatoms. The average molecular weight is 381 g/mol. The van der Waals surface area contributed by atoms with Gasteiger partial charge in [-0.1, -0.05) is 13.8 Å². The highest BCUT2D eigenvalue weighted by Gasteiger charge is 2.31. The minimum absolute atomic E-state index is 0.115. The molecule has 2 atom stereocenters. The van der Waals surface area contributed by atoms with Crippen molar-refractivity contribution in [1.82, 2.24) is 14.9 Å². The molecule has 1 aromatic rings. The normalized spacial score (nSPS) is 21.2. The van der Waals surface area contributed by atoms with E-state index in [1.807, 2.05) is 0 Å². The Balaban J connectivity index is 2.06. The van der Waals surface area contributed by atoms with Crippen LogP contribution in [-0.2, 0) is 14.8 Å². The molecule has 2 amide bonds. The summed E-state index contributed by atoms with van der Waals surface area (Å²) < 4.78 is 27.2. The SMILES string of the molecule is CCNC(=O)CNC(=O)c1ccc(S(=O)(=O)N2C[C@@H](C)C[C@H](C)C2)cc1. The van der Waals surface area contributed by atoms with Gasteiger partial charge in [-0.3, -0.25) is 9.59 Å². The second kappa shape index (κ2) is 8.64. The van der Waals surface area contributed by atoms with Crippen molar-refractivity contribution < 1.29 is 18.0 Å². The Morgan fingerprint density at radius 2 is 1.65 bits per heavy atom. The Bertz CT molecular complexity index is 736. The van der Waals surface area contributed by atoms with E-state index in [0.29, 0.717) is 37.0 Å². The van der Waals surface area contributed by atoms with Crippen LogP contribution in [0.2, 0.25) is 0 Å². The Morgan fingerprint density at radius 3 is 2.19 bits per heavy atom. The maximum absolute atomic E-state index is 12.8. The number of benzene rings is 1. The zero-order valence-corrected chi connectivity index (χ0v) is 16.3. The highest BCUT2D eigenvalue weighted by molar-refractivity contribution is 7.89. The molecule has 1 aromatic carbocycles. The van der Waals surface area contributed by atoms with Gasteiger partial charge in [0.05, 0.1) is 11.4 Å². The van der Waals surface area contributed by atoms with Crippen molar-refractivity contribution in [2.24, 2.45) is 11.8 Å². The zero-order chi connectivity index (χ0) is 19.3. The van der Waals surface area contributed by atoms with Crippen LogP contribution < -0.4 is 10.6 Å². The number of likely N-dealkylation sites (N-methyl/N-ethyl adjacent to an activating group) is 1. The lowest BCUT2D eigenvalue weighted by molar-refractivity contribution is -0.120. The van der Waals surface area contributed by atoms with Gasteiger partial charge in [0.25, 0.3) is 5.91 Å². The van der Waals surface area contributed by atoms with Gasteiger partial charge in [-0.2, -0.15) is 4.31 Å². The fourth-order valence-corrected chi connectivity index (χ4v) is 4.93. The molecule has 144 valence electrons. The molecular weight excluding hydrogens is 354 g/mol. The Hall–Kier alpha value is -1.93. The van der Waals surface area contributed by atoms with E-state index in [1.165, 1.54) is 28.6 Å². The molecule has 0 unspecified atom stereocenters. The zero-order valence-electron chi connectivity index (χ0n) is 15.5. The molecular formula is C18H27N3O4S. The molecule has 0 aromatic heterocycles. The average Bonchev–Trinajstić information content (AvgIpc) is 2.59. The maximum Gasteiger partial charge on any atom is 0.251 e. The summed E-state index contributed by atoms with van der Waals surface area (Å²) in [6, 6.07) is 5.83. The number of nitrogens with one attached hydrogen (secondary N) is 2. The summed E-state index contributed by atoms with van der Waals surface area (Å²) in [4.78, 5) is 23.6. The lowest BCUT2D eigenvalue weighted by Gasteiger charge is -2.34. The molecule has 0 radical (unpaired) electrons. The van der Waals surface area contributed by atoms with Crippen molar-refractivity contribution in [3.05, 3.63) is 29.8 Å². The van der Waals surface area contributed by atoms with E-state index >= 15 is 0 Å². The second-order valence-corrected chi connectivity index (χ2v) is 8.87. The predicted molar refractivity (Wildman–Crippen MR) is 99.2 cm³/mol. The number of hydrogen-bond donors (Lipinski definition) is 2. The minimum atomic E-state index is -3.57. The van der Waals surface area contributed by atoms with Gasteiger partial charge in [0, 0.05) is 25.2 Å². The van der Waals surface area contributed by atoms with Gasteiger partial charge < -0.3 is 10.6 Å². The van der Waals surface area contributed by atoms with Crippen LogP contribution in [0.25, 0.3) is 0 Å². The fourth-order valence-electron chi connectivity index (χ4n) is 3.25. The van der Waals surface area contributed by atoms with Crippen LogP contribution in [0.4, 0.5) is 0 Å². The van der Waals surface area contributed by atoms with Crippen molar-refractivity contribution in [3.8, 4) is 0 Å². The monoisotopic (exact) mass is 381 g/mol. The first-order valence-corrected chi connectivity index (χ1v) is 10.3. The van der Waals surface area contributed by atoms with Gasteiger partial charge in [0.2, 0.25) is 15.9 Å². The lowest BCUT2D eigenvalue weighted by atomic mass is 9.94. The Kier molecular flexibility index (Phi) is 6.77. The van der Waals surface area contributed by atoms with Crippen LogP contribution in [0.5, 0.6) is 0 Å². The third kappa shape index (κ3) is 5.04. The number of piperidine rings is 1. The van der Waals surface area contributed by atoms with Crippen molar-refractivity contribution in [1.29, 1.82) is 0 Å². The first kappa shape index (κ1) is 20.4. The molecule has 1 aliphatic heterocycles. The van der Waals surface area contributed by atoms with E-state index in [-0.39, 0.29) is 17.3 Å². The Morgan fingerprint density at radius 1 is 1.08 bits per heavy atom. The minimum Gasteiger partial charge on any atom is -0.355 e. The topological polar surface area (TPSA) is 95.6 Å². The van der Waals surface area contributed by atoms with Crippen molar-refractivity contribution in [2.75, 3.05) is 26.2 Å². The summed E-state index contributed by atoms with van der Waals surface area (Å²) in [5.41, 5.74) is 0.314. The molecule has 7 nitrogen and oxygen atoms in total. The molecule has 2 rings (SSSR count). The van der Waals surface area contributed by atoms with Gasteiger partial charge in [-0.15, -0.1) is 0 Å². The van der Waals surface area contributed by atoms with E-state index in [1.54, 1.807) is 6.92 Å². The molecule has 2 N–H and O–H groups in total. The van der Waals surface area contributed by atoms with E-state index < -0.39 is 15.9 Å². The van der Waals surface area contributed by atoms with Crippen molar-refractivity contribution >= 4 is 21.8 Å². The smallest absolute Gasteiger partial charge is 0.251 e. The number of rotatable bonds is 6. The highest BCUT2D eigenvalue weighted by Crippen LogP contribution is 2.26. The maximum atomic E-state index is 12.8. The summed E-state index contributed by atoms with van der Waals surface area (Å²) in [6.45, 7) is 7.32. The molecule has 0 spiro atoms. The molecule has 26 heavy (non-hydrogen) atoms. The quantitative estimate of drug-likeness (QED) is 0.774. The summed E-state index contributed by atoms with van der Waals surface area (Å²) >= 11 is 0. The lowest BCUT2D eigenvalue weighted by Crippen LogP contribution is -2.42. The fraction of sp³-hybridized carbons (Fsp3) is 0.556. The van der Waals surface area contributed by atoms with Gasteiger partial charge in [0.1, 0.15) is 0 Å². The van der Waals surface area contributed by atoms with Crippen LogP contribution >= 0.6 is 0 Å². The van der Waals surface area contributed by atoms with E-state index in [9.17, 15) is 18.0 Å². The molecule has 0 bridgehead atoms. The van der Waals surface area contributed by atoms with E-state index in [2.05, 4.69) is 24.5 Å². The van der Waals surface area contributed by atoms with E-state index in [4.69, 9.17) is 0 Å². The number of sulfonamides is 1. The summed E-state index contributed by atoms with van der Waals surface area (Å²) in [5, 5.41) is 5.09. The number of nitrogens with zero attached hydrogens (tertiary/aromatic N) is 1. The van der Waals surface area contributed by atoms with E-state index in [0.717, 1.165) is 6.42 Å². The molecule has 0 saturated carbocycles. The Labute approximate surface area is 155 Å². The number of amides is 2. The van der Waals surface area contributed by atoms with Crippen LogP contribution in [0.1, 0.15) is 37.6 Å². The summed E-state index contributed by atoms with van der Waals surface area (Å²) in [5.74, 6) is -0.0329. The summed E-state index contributed by atoms with van der Waals surface area (Å²) in [7, 11) is -3.57.